The first-order valence-corrected chi connectivity index (χ1v) is 9.20. The number of carbonyl (C=O) groups is 2. The summed E-state index contributed by atoms with van der Waals surface area (Å²) in [7, 11) is 0. The number of benzene rings is 3. The maximum Gasteiger partial charge on any atom is 0.344 e. The molecule has 6 heteroatoms. The molecule has 28 heavy (non-hydrogen) atoms. The van der Waals surface area contributed by atoms with Gasteiger partial charge in [-0.05, 0) is 36.4 Å². The predicted molar refractivity (Wildman–Crippen MR) is 108 cm³/mol. The molecule has 3 aromatic rings. The molecule has 3 aromatic carbocycles. The third-order valence-corrected chi connectivity index (χ3v) is 4.50. The monoisotopic (exact) mass is 414 g/mol. The van der Waals surface area contributed by atoms with E-state index < -0.39 is 5.97 Å². The number of carbonyl (C=O) groups excluding carboxylic acids is 2. The molecular formula is C22H16Cl2O4. The largest absolute Gasteiger partial charge is 0.482 e. The first-order valence-electron chi connectivity index (χ1n) is 8.45. The lowest BCUT2D eigenvalue weighted by molar-refractivity contribution is -0.147. The number of rotatable bonds is 7. The van der Waals surface area contributed by atoms with Crippen LogP contribution in [-0.4, -0.2) is 18.4 Å². The van der Waals surface area contributed by atoms with E-state index >= 15 is 0 Å². The summed E-state index contributed by atoms with van der Waals surface area (Å²) in [5, 5.41) is 0.942. The van der Waals surface area contributed by atoms with Crippen molar-refractivity contribution >= 4 is 35.0 Å². The lowest BCUT2D eigenvalue weighted by atomic mass is 10.0. The summed E-state index contributed by atoms with van der Waals surface area (Å²) in [5.74, 6) is -0.145. The highest BCUT2D eigenvalue weighted by Gasteiger charge is 2.10. The molecule has 0 aliphatic rings. The van der Waals surface area contributed by atoms with Crippen molar-refractivity contribution < 1.29 is 19.1 Å². The topological polar surface area (TPSA) is 52.6 Å². The minimum atomic E-state index is -0.532. The van der Waals surface area contributed by atoms with Crippen LogP contribution in [0.1, 0.15) is 21.5 Å². The first-order chi connectivity index (χ1) is 13.5. The maximum atomic E-state index is 12.4. The van der Waals surface area contributed by atoms with Crippen LogP contribution in [0.3, 0.4) is 0 Å². The van der Waals surface area contributed by atoms with Crippen LogP contribution in [0, 0.1) is 0 Å². The normalized spacial score (nSPS) is 10.4. The zero-order valence-corrected chi connectivity index (χ0v) is 16.2. The minimum absolute atomic E-state index is 0.0305. The van der Waals surface area contributed by atoms with E-state index in [2.05, 4.69) is 0 Å². The minimum Gasteiger partial charge on any atom is -0.482 e. The molecule has 0 N–H and O–H groups in total. The number of hydrogen-bond donors (Lipinski definition) is 0. The van der Waals surface area contributed by atoms with Crippen molar-refractivity contribution in [3.8, 4) is 5.75 Å². The van der Waals surface area contributed by atoms with Crippen LogP contribution >= 0.6 is 23.2 Å². The molecule has 0 aromatic heterocycles. The fourth-order valence-electron chi connectivity index (χ4n) is 2.44. The van der Waals surface area contributed by atoms with Gasteiger partial charge in [-0.25, -0.2) is 4.79 Å². The Labute approximate surface area is 172 Å². The molecule has 0 radical (unpaired) electrons. The fraction of sp³-hybridized carbons (Fsp3) is 0.0909. The smallest absolute Gasteiger partial charge is 0.344 e. The van der Waals surface area contributed by atoms with Gasteiger partial charge < -0.3 is 9.47 Å². The summed E-state index contributed by atoms with van der Waals surface area (Å²) in [6, 6.07) is 20.5. The van der Waals surface area contributed by atoms with Gasteiger partial charge in [-0.1, -0.05) is 59.6 Å². The SMILES string of the molecule is O=C(COc1ccc(C(=O)c2ccccc2)cc1)OCc1ccc(Cl)cc1Cl. The molecule has 0 fully saturated rings. The van der Waals surface area contributed by atoms with E-state index in [4.69, 9.17) is 32.7 Å². The van der Waals surface area contributed by atoms with E-state index in [1.54, 1.807) is 54.6 Å². The van der Waals surface area contributed by atoms with Crippen molar-refractivity contribution in [2.45, 2.75) is 6.61 Å². The molecule has 0 bridgehead atoms. The van der Waals surface area contributed by atoms with E-state index in [1.807, 2.05) is 18.2 Å². The van der Waals surface area contributed by atoms with Crippen LogP contribution in [0.15, 0.2) is 72.8 Å². The van der Waals surface area contributed by atoms with E-state index in [-0.39, 0.29) is 19.0 Å². The molecule has 0 amide bonds. The third kappa shape index (κ3) is 5.35. The molecule has 142 valence electrons. The van der Waals surface area contributed by atoms with Crippen LogP contribution in [0.4, 0.5) is 0 Å². The molecule has 0 atom stereocenters. The summed E-state index contributed by atoms with van der Waals surface area (Å²) in [4.78, 5) is 24.2. The second-order valence-corrected chi connectivity index (χ2v) is 6.75. The Hall–Kier alpha value is -2.82. The number of ether oxygens (including phenoxy) is 2. The van der Waals surface area contributed by atoms with Crippen molar-refractivity contribution in [1.82, 2.24) is 0 Å². The average molecular weight is 415 g/mol. The summed E-state index contributed by atoms with van der Waals surface area (Å²) >= 11 is 11.9. The predicted octanol–water partition coefficient (Wildman–Crippen LogP) is 5.35. The van der Waals surface area contributed by atoms with Crippen LogP contribution in [0.25, 0.3) is 0 Å². The van der Waals surface area contributed by atoms with E-state index in [0.717, 1.165) is 0 Å². The highest BCUT2D eigenvalue weighted by atomic mass is 35.5. The number of ketones is 1. The summed E-state index contributed by atoms with van der Waals surface area (Å²) in [6.07, 6.45) is 0. The van der Waals surface area contributed by atoms with E-state index in [1.165, 1.54) is 0 Å². The van der Waals surface area contributed by atoms with Crippen LogP contribution in [0.5, 0.6) is 5.75 Å². The van der Waals surface area contributed by atoms with Gasteiger partial charge in [-0.2, -0.15) is 0 Å². The Morgan fingerprint density at radius 1 is 0.821 bits per heavy atom. The zero-order valence-electron chi connectivity index (χ0n) is 14.7. The summed E-state index contributed by atoms with van der Waals surface area (Å²) < 4.78 is 10.6. The molecule has 0 unspecified atom stereocenters. The lowest BCUT2D eigenvalue weighted by Crippen LogP contribution is -2.15. The molecule has 0 spiro atoms. The van der Waals surface area contributed by atoms with Gasteiger partial charge in [-0.15, -0.1) is 0 Å². The molecule has 0 saturated heterocycles. The standard InChI is InChI=1S/C22H16Cl2O4/c23-18-9-6-17(20(24)12-18)13-28-21(25)14-27-19-10-7-16(8-11-19)22(26)15-4-2-1-3-5-15/h1-12H,13-14H2. The van der Waals surface area contributed by atoms with Gasteiger partial charge >= 0.3 is 5.97 Å². The first kappa shape index (κ1) is 19.9. The van der Waals surface area contributed by atoms with Crippen molar-refractivity contribution in [1.29, 1.82) is 0 Å². The van der Waals surface area contributed by atoms with Gasteiger partial charge in [0.2, 0.25) is 0 Å². The summed E-state index contributed by atoms with van der Waals surface area (Å²) in [6.45, 7) is -0.222. The van der Waals surface area contributed by atoms with Gasteiger partial charge in [0, 0.05) is 26.7 Å². The Morgan fingerprint density at radius 3 is 2.18 bits per heavy atom. The Morgan fingerprint density at radius 2 is 1.50 bits per heavy atom. The highest BCUT2D eigenvalue weighted by molar-refractivity contribution is 6.35. The average Bonchev–Trinajstić information content (AvgIpc) is 2.72. The molecule has 0 heterocycles. The highest BCUT2D eigenvalue weighted by Crippen LogP contribution is 2.21. The van der Waals surface area contributed by atoms with Gasteiger partial charge in [0.1, 0.15) is 12.4 Å². The van der Waals surface area contributed by atoms with Gasteiger partial charge in [0.25, 0.3) is 0 Å². The molecule has 0 aliphatic heterocycles. The van der Waals surface area contributed by atoms with Gasteiger partial charge in [-0.3, -0.25) is 4.79 Å². The van der Waals surface area contributed by atoms with Crippen molar-refractivity contribution in [3.05, 3.63) is 99.5 Å². The lowest BCUT2D eigenvalue weighted by Gasteiger charge is -2.09. The molecular weight excluding hydrogens is 399 g/mol. The Balaban J connectivity index is 1.50. The van der Waals surface area contributed by atoms with Crippen molar-refractivity contribution in [3.63, 3.8) is 0 Å². The van der Waals surface area contributed by atoms with Crippen molar-refractivity contribution in [2.75, 3.05) is 6.61 Å². The van der Waals surface area contributed by atoms with Crippen LogP contribution < -0.4 is 4.74 Å². The fourth-order valence-corrected chi connectivity index (χ4v) is 2.90. The van der Waals surface area contributed by atoms with Crippen molar-refractivity contribution in [2.24, 2.45) is 0 Å². The second-order valence-electron chi connectivity index (χ2n) is 5.90. The summed E-state index contributed by atoms with van der Waals surface area (Å²) in [5.41, 5.74) is 1.81. The molecule has 0 saturated carbocycles. The Bertz CT molecular complexity index is 970. The number of hydrogen-bond acceptors (Lipinski definition) is 4. The third-order valence-electron chi connectivity index (χ3n) is 3.91. The molecule has 4 nitrogen and oxygen atoms in total. The molecule has 0 aliphatic carbocycles. The molecule has 3 rings (SSSR count). The van der Waals surface area contributed by atoms with Gasteiger partial charge in [0.15, 0.2) is 12.4 Å². The van der Waals surface area contributed by atoms with Gasteiger partial charge in [0.05, 0.1) is 0 Å². The maximum absolute atomic E-state index is 12.4. The zero-order chi connectivity index (χ0) is 19.9. The Kier molecular flexibility index (Phi) is 6.69. The second kappa shape index (κ2) is 9.40. The van der Waals surface area contributed by atoms with Crippen LogP contribution in [0.2, 0.25) is 10.0 Å². The quantitative estimate of drug-likeness (QED) is 0.386. The number of halogens is 2. The van der Waals surface area contributed by atoms with Crippen LogP contribution in [-0.2, 0) is 16.1 Å². The number of esters is 1. The van der Waals surface area contributed by atoms with E-state index in [0.29, 0.717) is 32.5 Å². The van der Waals surface area contributed by atoms with E-state index in [9.17, 15) is 9.59 Å².